The Morgan fingerprint density at radius 2 is 2.00 bits per heavy atom. The SMILES string of the molecule is Fc1ccc(COc2cnn(C3CCNCC3)c2)cc1. The van der Waals surface area contributed by atoms with Crippen LogP contribution >= 0.6 is 0 Å². The van der Waals surface area contributed by atoms with Gasteiger partial charge in [-0.15, -0.1) is 0 Å². The van der Waals surface area contributed by atoms with Gasteiger partial charge in [0.05, 0.1) is 18.4 Å². The van der Waals surface area contributed by atoms with Crippen LogP contribution in [0.15, 0.2) is 36.7 Å². The third-order valence-corrected chi connectivity index (χ3v) is 3.58. The summed E-state index contributed by atoms with van der Waals surface area (Å²) in [5.74, 6) is 0.528. The molecule has 1 aliphatic rings. The molecule has 0 saturated carbocycles. The molecule has 0 aliphatic carbocycles. The first-order chi connectivity index (χ1) is 9.81. The monoisotopic (exact) mass is 275 g/mol. The van der Waals surface area contributed by atoms with Crippen LogP contribution in [0.2, 0.25) is 0 Å². The Labute approximate surface area is 117 Å². The van der Waals surface area contributed by atoms with Crippen molar-refractivity contribution >= 4 is 0 Å². The third kappa shape index (κ3) is 3.17. The lowest BCUT2D eigenvalue weighted by Gasteiger charge is -2.22. The van der Waals surface area contributed by atoms with Crippen molar-refractivity contribution in [1.29, 1.82) is 0 Å². The minimum absolute atomic E-state index is 0.229. The number of benzene rings is 1. The fraction of sp³-hybridized carbons (Fsp3) is 0.400. The Kier molecular flexibility index (Phi) is 3.97. The Morgan fingerprint density at radius 1 is 1.25 bits per heavy atom. The maximum absolute atomic E-state index is 12.8. The average molecular weight is 275 g/mol. The first-order valence-corrected chi connectivity index (χ1v) is 6.93. The Hall–Kier alpha value is -1.88. The van der Waals surface area contributed by atoms with Gasteiger partial charge in [0.25, 0.3) is 0 Å². The number of aromatic nitrogens is 2. The summed E-state index contributed by atoms with van der Waals surface area (Å²) in [5.41, 5.74) is 0.945. The summed E-state index contributed by atoms with van der Waals surface area (Å²) < 4.78 is 20.5. The summed E-state index contributed by atoms with van der Waals surface area (Å²) in [6.07, 6.45) is 5.88. The maximum Gasteiger partial charge on any atom is 0.157 e. The standard InChI is InChI=1S/C15H18FN3O/c16-13-3-1-12(2-4-13)11-20-15-9-18-19(10-15)14-5-7-17-8-6-14/h1-4,9-10,14,17H,5-8,11H2. The molecule has 1 N–H and O–H groups in total. The number of hydrogen-bond acceptors (Lipinski definition) is 3. The number of halogens is 1. The fourth-order valence-electron chi connectivity index (χ4n) is 2.41. The van der Waals surface area contributed by atoms with Gasteiger partial charge in [-0.3, -0.25) is 4.68 Å². The topological polar surface area (TPSA) is 39.1 Å². The van der Waals surface area contributed by atoms with Gasteiger partial charge in [-0.2, -0.15) is 5.10 Å². The molecule has 1 aromatic carbocycles. The first-order valence-electron chi connectivity index (χ1n) is 6.93. The summed E-state index contributed by atoms with van der Waals surface area (Å²) >= 11 is 0. The highest BCUT2D eigenvalue weighted by Gasteiger charge is 2.15. The van der Waals surface area contributed by atoms with E-state index in [1.54, 1.807) is 18.3 Å². The van der Waals surface area contributed by atoms with Crippen LogP contribution in [0, 0.1) is 5.82 Å². The van der Waals surface area contributed by atoms with E-state index >= 15 is 0 Å². The van der Waals surface area contributed by atoms with Crippen molar-refractivity contribution in [2.75, 3.05) is 13.1 Å². The largest absolute Gasteiger partial charge is 0.486 e. The molecular weight excluding hydrogens is 257 g/mol. The zero-order valence-corrected chi connectivity index (χ0v) is 11.3. The van der Waals surface area contributed by atoms with Gasteiger partial charge >= 0.3 is 0 Å². The van der Waals surface area contributed by atoms with Gasteiger partial charge in [0.2, 0.25) is 0 Å². The lowest BCUT2D eigenvalue weighted by atomic mass is 10.1. The van der Waals surface area contributed by atoms with Crippen LogP contribution in [0.4, 0.5) is 4.39 Å². The van der Waals surface area contributed by atoms with Crippen LogP contribution in [-0.4, -0.2) is 22.9 Å². The maximum atomic E-state index is 12.8. The minimum Gasteiger partial charge on any atom is -0.486 e. The molecule has 0 amide bonds. The van der Waals surface area contributed by atoms with Crippen LogP contribution in [0.25, 0.3) is 0 Å². The lowest BCUT2D eigenvalue weighted by Crippen LogP contribution is -2.29. The summed E-state index contributed by atoms with van der Waals surface area (Å²) in [6, 6.07) is 6.80. The highest BCUT2D eigenvalue weighted by molar-refractivity contribution is 5.18. The van der Waals surface area contributed by atoms with Gasteiger partial charge in [-0.05, 0) is 43.6 Å². The van der Waals surface area contributed by atoms with E-state index in [1.807, 2.05) is 10.9 Å². The molecule has 5 heteroatoms. The Morgan fingerprint density at radius 3 is 2.75 bits per heavy atom. The predicted octanol–water partition coefficient (Wildman–Crippen LogP) is 2.53. The van der Waals surface area contributed by atoms with E-state index in [4.69, 9.17) is 4.74 Å². The van der Waals surface area contributed by atoms with Gasteiger partial charge in [-0.1, -0.05) is 12.1 Å². The van der Waals surface area contributed by atoms with Crippen LogP contribution in [0.3, 0.4) is 0 Å². The number of hydrogen-bond donors (Lipinski definition) is 1. The van der Waals surface area contributed by atoms with Gasteiger partial charge in [-0.25, -0.2) is 4.39 Å². The van der Waals surface area contributed by atoms with Gasteiger partial charge in [0, 0.05) is 0 Å². The van der Waals surface area contributed by atoms with Gasteiger partial charge in [0.1, 0.15) is 12.4 Å². The smallest absolute Gasteiger partial charge is 0.157 e. The molecule has 0 unspecified atom stereocenters. The molecule has 2 heterocycles. The minimum atomic E-state index is -0.229. The third-order valence-electron chi connectivity index (χ3n) is 3.58. The molecular formula is C15H18FN3O. The zero-order chi connectivity index (χ0) is 13.8. The van der Waals surface area contributed by atoms with Crippen molar-refractivity contribution in [2.45, 2.75) is 25.5 Å². The summed E-state index contributed by atoms with van der Waals surface area (Å²) in [5, 5.41) is 7.71. The summed E-state index contributed by atoms with van der Waals surface area (Å²) in [6.45, 7) is 2.50. The van der Waals surface area contributed by atoms with Crippen molar-refractivity contribution in [2.24, 2.45) is 0 Å². The summed E-state index contributed by atoms with van der Waals surface area (Å²) in [7, 11) is 0. The molecule has 0 bridgehead atoms. The molecule has 1 fully saturated rings. The zero-order valence-electron chi connectivity index (χ0n) is 11.3. The van der Waals surface area contributed by atoms with Crippen molar-refractivity contribution in [3.8, 4) is 5.75 Å². The molecule has 0 atom stereocenters. The van der Waals surface area contributed by atoms with E-state index in [9.17, 15) is 4.39 Å². The molecule has 0 radical (unpaired) electrons. The lowest BCUT2D eigenvalue weighted by molar-refractivity contribution is 0.302. The molecule has 106 valence electrons. The Bertz CT molecular complexity index is 547. The molecule has 1 saturated heterocycles. The van der Waals surface area contributed by atoms with Crippen molar-refractivity contribution < 1.29 is 9.13 Å². The van der Waals surface area contributed by atoms with E-state index < -0.39 is 0 Å². The second kappa shape index (κ2) is 6.05. The van der Waals surface area contributed by atoms with E-state index in [2.05, 4.69) is 10.4 Å². The fourth-order valence-corrected chi connectivity index (χ4v) is 2.41. The number of nitrogens with one attached hydrogen (secondary N) is 1. The van der Waals surface area contributed by atoms with Crippen molar-refractivity contribution in [3.63, 3.8) is 0 Å². The van der Waals surface area contributed by atoms with Gasteiger partial charge in [0.15, 0.2) is 5.75 Å². The van der Waals surface area contributed by atoms with Crippen LogP contribution in [0.5, 0.6) is 5.75 Å². The van der Waals surface area contributed by atoms with Gasteiger partial charge < -0.3 is 10.1 Å². The molecule has 4 nitrogen and oxygen atoms in total. The van der Waals surface area contributed by atoms with Crippen LogP contribution in [0.1, 0.15) is 24.4 Å². The van der Waals surface area contributed by atoms with Crippen molar-refractivity contribution in [1.82, 2.24) is 15.1 Å². The molecule has 20 heavy (non-hydrogen) atoms. The molecule has 1 aliphatic heterocycles. The van der Waals surface area contributed by atoms with E-state index in [0.29, 0.717) is 12.6 Å². The quantitative estimate of drug-likeness (QED) is 0.932. The summed E-state index contributed by atoms with van der Waals surface area (Å²) in [4.78, 5) is 0. The van der Waals surface area contributed by atoms with Crippen LogP contribution < -0.4 is 10.1 Å². The highest BCUT2D eigenvalue weighted by Crippen LogP contribution is 2.21. The number of ether oxygens (including phenoxy) is 1. The number of nitrogens with zero attached hydrogens (tertiary/aromatic N) is 2. The molecule has 0 spiro atoms. The molecule has 3 rings (SSSR count). The predicted molar refractivity (Wildman–Crippen MR) is 74.1 cm³/mol. The second-order valence-electron chi connectivity index (χ2n) is 5.05. The number of rotatable bonds is 4. The first kappa shape index (κ1) is 13.1. The van der Waals surface area contributed by atoms with Crippen LogP contribution in [-0.2, 0) is 6.61 Å². The highest BCUT2D eigenvalue weighted by atomic mass is 19.1. The number of piperidine rings is 1. The van der Waals surface area contributed by atoms with E-state index in [0.717, 1.165) is 37.2 Å². The van der Waals surface area contributed by atoms with E-state index in [1.165, 1.54) is 12.1 Å². The molecule has 2 aromatic rings. The average Bonchev–Trinajstić information content (AvgIpc) is 2.97. The second-order valence-corrected chi connectivity index (χ2v) is 5.05. The van der Waals surface area contributed by atoms with E-state index in [-0.39, 0.29) is 5.82 Å². The molecule has 1 aromatic heterocycles. The normalized spacial score (nSPS) is 16.2. The van der Waals surface area contributed by atoms with Crippen molar-refractivity contribution in [3.05, 3.63) is 48.0 Å². The Balaban J connectivity index is 1.58.